The predicted octanol–water partition coefficient (Wildman–Crippen LogP) is 4.63. The van der Waals surface area contributed by atoms with Crippen LogP contribution in [-0.4, -0.2) is 5.11 Å². The molecule has 0 aromatic carbocycles. The lowest BCUT2D eigenvalue weighted by molar-refractivity contribution is 0.245. The van der Waals surface area contributed by atoms with Gasteiger partial charge in [-0.2, -0.15) is 0 Å². The van der Waals surface area contributed by atoms with Crippen LogP contribution >= 0.6 is 0 Å². The fourth-order valence-corrected chi connectivity index (χ4v) is 2.97. The summed E-state index contributed by atoms with van der Waals surface area (Å²) in [6, 6.07) is 0. The molecule has 0 unspecified atom stereocenters. The van der Waals surface area contributed by atoms with Crippen LogP contribution in [0.3, 0.4) is 0 Å². The van der Waals surface area contributed by atoms with Gasteiger partial charge in [0.05, 0.1) is 0 Å². The highest BCUT2D eigenvalue weighted by Gasteiger charge is 2.41. The molecule has 17 heavy (non-hydrogen) atoms. The van der Waals surface area contributed by atoms with E-state index in [-0.39, 0.29) is 10.8 Å². The SMILES string of the molecule is C[C@H]1C2=C(C=CC1(C)C)C(O)=CC(C)(C)[C@H]2C. The lowest BCUT2D eigenvalue weighted by Crippen LogP contribution is -2.35. The van der Waals surface area contributed by atoms with E-state index in [1.54, 1.807) is 0 Å². The predicted molar refractivity (Wildman–Crippen MR) is 72.8 cm³/mol. The fourth-order valence-electron chi connectivity index (χ4n) is 2.97. The van der Waals surface area contributed by atoms with Crippen LogP contribution in [0.2, 0.25) is 0 Å². The minimum atomic E-state index is 0.0401. The molecule has 0 bridgehead atoms. The molecule has 0 saturated heterocycles. The van der Waals surface area contributed by atoms with Crippen molar-refractivity contribution in [2.24, 2.45) is 22.7 Å². The number of hydrogen-bond donors (Lipinski definition) is 1. The number of aliphatic hydroxyl groups excluding tert-OH is 1. The zero-order chi connectivity index (χ0) is 13.0. The van der Waals surface area contributed by atoms with E-state index in [1.165, 1.54) is 5.57 Å². The van der Waals surface area contributed by atoms with Crippen LogP contribution < -0.4 is 0 Å². The molecule has 2 aliphatic carbocycles. The van der Waals surface area contributed by atoms with E-state index >= 15 is 0 Å². The summed E-state index contributed by atoms with van der Waals surface area (Å²) in [7, 11) is 0. The quantitative estimate of drug-likeness (QED) is 0.645. The minimum absolute atomic E-state index is 0.0401. The summed E-state index contributed by atoms with van der Waals surface area (Å²) in [5.41, 5.74) is 2.70. The van der Waals surface area contributed by atoms with Crippen LogP contribution in [0.5, 0.6) is 0 Å². The lowest BCUT2D eigenvalue weighted by Gasteiger charge is -2.44. The topological polar surface area (TPSA) is 20.2 Å². The smallest absolute Gasteiger partial charge is 0.119 e. The average molecular weight is 232 g/mol. The van der Waals surface area contributed by atoms with E-state index < -0.39 is 0 Å². The molecule has 0 heterocycles. The Labute approximate surface area is 105 Å². The molecule has 2 atom stereocenters. The van der Waals surface area contributed by atoms with Gasteiger partial charge in [-0.1, -0.05) is 59.3 Å². The van der Waals surface area contributed by atoms with Crippen LogP contribution in [0, 0.1) is 22.7 Å². The van der Waals surface area contributed by atoms with Gasteiger partial charge >= 0.3 is 0 Å². The summed E-state index contributed by atoms with van der Waals surface area (Å²) in [6.45, 7) is 13.5. The van der Waals surface area contributed by atoms with Gasteiger partial charge in [0.1, 0.15) is 5.76 Å². The lowest BCUT2D eigenvalue weighted by atomic mass is 9.60. The molecule has 2 aliphatic rings. The highest BCUT2D eigenvalue weighted by Crippen LogP contribution is 2.51. The van der Waals surface area contributed by atoms with Crippen molar-refractivity contribution in [3.05, 3.63) is 35.1 Å². The van der Waals surface area contributed by atoms with Gasteiger partial charge in [0, 0.05) is 5.57 Å². The van der Waals surface area contributed by atoms with Gasteiger partial charge in [0.25, 0.3) is 0 Å². The molecule has 1 nitrogen and oxygen atoms in total. The zero-order valence-corrected chi connectivity index (χ0v) is 11.8. The van der Waals surface area contributed by atoms with Gasteiger partial charge in [0.15, 0.2) is 0 Å². The Kier molecular flexibility index (Phi) is 2.57. The summed E-state index contributed by atoms with van der Waals surface area (Å²) in [5, 5.41) is 10.2. The summed E-state index contributed by atoms with van der Waals surface area (Å²) >= 11 is 0. The van der Waals surface area contributed by atoms with Gasteiger partial charge in [0.2, 0.25) is 0 Å². The molecule has 94 valence electrons. The second kappa shape index (κ2) is 3.51. The molecule has 0 aromatic heterocycles. The standard InChI is InChI=1S/C16H24O/c1-10-14-11(2)16(5,6)9-13(17)12(14)7-8-15(10,3)4/h7-11,17H,1-6H3/t10-,11-/m0/s1. The van der Waals surface area contributed by atoms with Gasteiger partial charge in [-0.3, -0.25) is 0 Å². The van der Waals surface area contributed by atoms with Crippen molar-refractivity contribution in [2.75, 3.05) is 0 Å². The third kappa shape index (κ3) is 1.76. The van der Waals surface area contributed by atoms with Gasteiger partial charge < -0.3 is 5.11 Å². The maximum atomic E-state index is 10.2. The molecule has 0 spiro atoms. The van der Waals surface area contributed by atoms with Crippen LogP contribution in [0.25, 0.3) is 0 Å². The van der Waals surface area contributed by atoms with Crippen LogP contribution in [0.15, 0.2) is 35.1 Å². The molecule has 0 radical (unpaired) electrons. The Morgan fingerprint density at radius 1 is 1.00 bits per heavy atom. The van der Waals surface area contributed by atoms with Crippen molar-refractivity contribution in [1.29, 1.82) is 0 Å². The molecule has 1 N–H and O–H groups in total. The summed E-state index contributed by atoms with van der Waals surface area (Å²) < 4.78 is 0. The van der Waals surface area contributed by atoms with E-state index in [0.29, 0.717) is 17.6 Å². The van der Waals surface area contributed by atoms with E-state index in [2.05, 4.69) is 53.7 Å². The zero-order valence-electron chi connectivity index (χ0n) is 11.8. The van der Waals surface area contributed by atoms with Crippen molar-refractivity contribution < 1.29 is 5.11 Å². The van der Waals surface area contributed by atoms with Gasteiger partial charge in [-0.05, 0) is 28.7 Å². The van der Waals surface area contributed by atoms with Crippen LogP contribution in [-0.2, 0) is 0 Å². The molecular formula is C16H24O. The number of rotatable bonds is 0. The summed E-state index contributed by atoms with van der Waals surface area (Å²) in [6.07, 6.45) is 6.34. The number of aliphatic hydroxyl groups is 1. The normalized spacial score (nSPS) is 34.4. The van der Waals surface area contributed by atoms with E-state index in [9.17, 15) is 5.11 Å². The maximum Gasteiger partial charge on any atom is 0.119 e. The second-order valence-electron chi connectivity index (χ2n) is 6.82. The Balaban J connectivity index is 2.57. The first-order chi connectivity index (χ1) is 7.67. The second-order valence-corrected chi connectivity index (χ2v) is 6.82. The Morgan fingerprint density at radius 3 is 2.12 bits per heavy atom. The molecule has 0 saturated carbocycles. The highest BCUT2D eigenvalue weighted by atomic mass is 16.3. The van der Waals surface area contributed by atoms with E-state index in [4.69, 9.17) is 0 Å². The van der Waals surface area contributed by atoms with E-state index in [1.807, 2.05) is 6.08 Å². The molecule has 0 fully saturated rings. The third-order valence-electron chi connectivity index (χ3n) is 4.94. The maximum absolute atomic E-state index is 10.2. The van der Waals surface area contributed by atoms with Crippen LogP contribution in [0.4, 0.5) is 0 Å². The Bertz CT molecular complexity index is 426. The molecule has 2 rings (SSSR count). The molecule has 1 heteroatoms. The largest absolute Gasteiger partial charge is 0.508 e. The Hall–Kier alpha value is -0.980. The summed E-state index contributed by atoms with van der Waals surface area (Å²) in [4.78, 5) is 0. The molecule has 0 aliphatic heterocycles. The fraction of sp³-hybridized carbons (Fsp3) is 0.625. The van der Waals surface area contributed by atoms with Crippen molar-refractivity contribution in [3.63, 3.8) is 0 Å². The number of allylic oxidation sites excluding steroid dienone is 4. The van der Waals surface area contributed by atoms with Crippen molar-refractivity contribution in [2.45, 2.75) is 41.5 Å². The first-order valence-corrected chi connectivity index (χ1v) is 6.52. The first-order valence-electron chi connectivity index (χ1n) is 6.52. The van der Waals surface area contributed by atoms with E-state index in [0.717, 1.165) is 5.57 Å². The summed E-state index contributed by atoms with van der Waals surface area (Å²) in [5.74, 6) is 1.42. The minimum Gasteiger partial charge on any atom is -0.508 e. The average Bonchev–Trinajstić information content (AvgIpc) is 2.18. The van der Waals surface area contributed by atoms with Gasteiger partial charge in [-0.15, -0.1) is 0 Å². The Morgan fingerprint density at radius 2 is 1.53 bits per heavy atom. The van der Waals surface area contributed by atoms with Crippen molar-refractivity contribution in [1.82, 2.24) is 0 Å². The van der Waals surface area contributed by atoms with Crippen molar-refractivity contribution >= 4 is 0 Å². The third-order valence-corrected chi connectivity index (χ3v) is 4.94. The van der Waals surface area contributed by atoms with Crippen molar-refractivity contribution in [3.8, 4) is 0 Å². The molecule has 0 amide bonds. The highest BCUT2D eigenvalue weighted by molar-refractivity contribution is 5.49. The van der Waals surface area contributed by atoms with Gasteiger partial charge in [-0.25, -0.2) is 0 Å². The van der Waals surface area contributed by atoms with Crippen LogP contribution in [0.1, 0.15) is 41.5 Å². The monoisotopic (exact) mass is 232 g/mol. The number of hydrogen-bond acceptors (Lipinski definition) is 1. The first kappa shape index (κ1) is 12.5. The molecule has 0 aromatic rings. The molecular weight excluding hydrogens is 208 g/mol.